The van der Waals surface area contributed by atoms with Gasteiger partial charge in [-0.25, -0.2) is 4.98 Å². The molecule has 5 nitrogen and oxygen atoms in total. The number of nitrogens with one attached hydrogen (secondary N) is 1. The Balaban J connectivity index is 2.07. The zero-order valence-corrected chi connectivity index (χ0v) is 13.5. The molecule has 2 aromatic rings. The second kappa shape index (κ2) is 6.18. The van der Waals surface area contributed by atoms with Crippen LogP contribution in [0.15, 0.2) is 29.1 Å². The highest BCUT2D eigenvalue weighted by Crippen LogP contribution is 2.24. The molecule has 0 bridgehead atoms. The van der Waals surface area contributed by atoms with E-state index in [1.165, 1.54) is 0 Å². The molecule has 1 aliphatic rings. The molecule has 1 N–H and O–H groups in total. The van der Waals surface area contributed by atoms with Gasteiger partial charge in [-0.1, -0.05) is 19.1 Å². The summed E-state index contributed by atoms with van der Waals surface area (Å²) in [5.41, 5.74) is 0.837. The standard InChI is InChI=1S/C17H24N4O/c1-4-15(21-10-9-18-12(2)11-21)16-19-14-8-6-5-7-13(14)17(22)20(16)3/h5-8,12,15,18H,4,9-11H2,1-3H3/t12-,15-/m1/s1. The van der Waals surface area contributed by atoms with Crippen LogP contribution in [0.5, 0.6) is 0 Å². The molecule has 0 unspecified atom stereocenters. The van der Waals surface area contributed by atoms with Gasteiger partial charge in [-0.15, -0.1) is 0 Å². The van der Waals surface area contributed by atoms with Gasteiger partial charge in [-0.05, 0) is 25.5 Å². The van der Waals surface area contributed by atoms with Crippen LogP contribution in [-0.4, -0.2) is 40.1 Å². The summed E-state index contributed by atoms with van der Waals surface area (Å²) in [5, 5.41) is 4.16. The molecule has 2 heterocycles. The van der Waals surface area contributed by atoms with E-state index in [9.17, 15) is 4.79 Å². The predicted octanol–water partition coefficient (Wildman–Crippen LogP) is 1.68. The Hall–Kier alpha value is -1.72. The van der Waals surface area contributed by atoms with Crippen LogP contribution >= 0.6 is 0 Å². The molecule has 0 spiro atoms. The lowest BCUT2D eigenvalue weighted by molar-refractivity contribution is 0.136. The van der Waals surface area contributed by atoms with Gasteiger partial charge in [0.1, 0.15) is 5.82 Å². The summed E-state index contributed by atoms with van der Waals surface area (Å²) in [6, 6.07) is 8.26. The van der Waals surface area contributed by atoms with Crippen molar-refractivity contribution in [2.75, 3.05) is 19.6 Å². The molecule has 1 saturated heterocycles. The summed E-state index contributed by atoms with van der Waals surface area (Å²) in [4.78, 5) is 19.9. The number of rotatable bonds is 3. The summed E-state index contributed by atoms with van der Waals surface area (Å²) >= 11 is 0. The van der Waals surface area contributed by atoms with Crippen LogP contribution < -0.4 is 10.9 Å². The number of hydrogen-bond acceptors (Lipinski definition) is 4. The largest absolute Gasteiger partial charge is 0.312 e. The summed E-state index contributed by atoms with van der Waals surface area (Å²) in [7, 11) is 1.84. The highest BCUT2D eigenvalue weighted by atomic mass is 16.1. The van der Waals surface area contributed by atoms with Crippen molar-refractivity contribution >= 4 is 10.9 Å². The molecular weight excluding hydrogens is 276 g/mol. The smallest absolute Gasteiger partial charge is 0.261 e. The van der Waals surface area contributed by atoms with Crippen LogP contribution in [0.3, 0.4) is 0 Å². The third-order valence-corrected chi connectivity index (χ3v) is 4.54. The third kappa shape index (κ3) is 2.66. The predicted molar refractivity (Wildman–Crippen MR) is 89.1 cm³/mol. The number of para-hydroxylation sites is 1. The van der Waals surface area contributed by atoms with Crippen LogP contribution in [0.4, 0.5) is 0 Å². The fourth-order valence-electron chi connectivity index (χ4n) is 3.38. The first-order valence-electron chi connectivity index (χ1n) is 8.05. The highest BCUT2D eigenvalue weighted by molar-refractivity contribution is 5.77. The van der Waals surface area contributed by atoms with Gasteiger partial charge in [0.15, 0.2) is 0 Å². The van der Waals surface area contributed by atoms with Gasteiger partial charge in [0.25, 0.3) is 5.56 Å². The van der Waals surface area contributed by atoms with Gasteiger partial charge in [0.05, 0.1) is 16.9 Å². The van der Waals surface area contributed by atoms with Gasteiger partial charge in [0, 0.05) is 32.7 Å². The summed E-state index contributed by atoms with van der Waals surface area (Å²) in [6.45, 7) is 7.33. The van der Waals surface area contributed by atoms with E-state index < -0.39 is 0 Å². The molecule has 1 aliphatic heterocycles. The molecule has 3 rings (SSSR count). The molecule has 1 fully saturated rings. The number of hydrogen-bond donors (Lipinski definition) is 1. The quantitative estimate of drug-likeness (QED) is 0.937. The molecule has 118 valence electrons. The topological polar surface area (TPSA) is 50.2 Å². The number of piperazine rings is 1. The molecule has 0 radical (unpaired) electrons. The van der Waals surface area contributed by atoms with E-state index >= 15 is 0 Å². The fourth-order valence-corrected chi connectivity index (χ4v) is 3.38. The molecule has 1 aromatic heterocycles. The van der Waals surface area contributed by atoms with Crippen LogP contribution in [0.2, 0.25) is 0 Å². The third-order valence-electron chi connectivity index (χ3n) is 4.54. The van der Waals surface area contributed by atoms with Crippen LogP contribution in [0, 0.1) is 0 Å². The van der Waals surface area contributed by atoms with E-state index in [-0.39, 0.29) is 11.6 Å². The Morgan fingerprint density at radius 3 is 2.91 bits per heavy atom. The lowest BCUT2D eigenvalue weighted by Gasteiger charge is -2.37. The van der Waals surface area contributed by atoms with Crippen LogP contribution in [0.25, 0.3) is 10.9 Å². The highest BCUT2D eigenvalue weighted by Gasteiger charge is 2.26. The van der Waals surface area contributed by atoms with E-state index in [0.29, 0.717) is 11.4 Å². The average Bonchev–Trinajstić information content (AvgIpc) is 2.53. The van der Waals surface area contributed by atoms with E-state index in [2.05, 4.69) is 24.1 Å². The first-order chi connectivity index (χ1) is 10.6. The second-order valence-electron chi connectivity index (χ2n) is 6.13. The zero-order valence-electron chi connectivity index (χ0n) is 13.5. The van der Waals surface area contributed by atoms with E-state index in [1.807, 2.05) is 31.3 Å². The lowest BCUT2D eigenvalue weighted by atomic mass is 10.1. The van der Waals surface area contributed by atoms with Gasteiger partial charge in [-0.3, -0.25) is 14.3 Å². The molecule has 0 saturated carbocycles. The van der Waals surface area contributed by atoms with E-state index in [0.717, 1.165) is 37.4 Å². The Labute approximate surface area is 131 Å². The maximum Gasteiger partial charge on any atom is 0.261 e. The number of nitrogens with zero attached hydrogens (tertiary/aromatic N) is 3. The Morgan fingerprint density at radius 2 is 2.18 bits per heavy atom. The zero-order chi connectivity index (χ0) is 15.7. The van der Waals surface area contributed by atoms with Crippen LogP contribution in [-0.2, 0) is 7.05 Å². The van der Waals surface area contributed by atoms with Crippen molar-refractivity contribution < 1.29 is 0 Å². The minimum absolute atomic E-state index is 0.0437. The normalized spacial score (nSPS) is 21.1. The molecule has 0 aliphatic carbocycles. The number of benzene rings is 1. The van der Waals surface area contributed by atoms with Crippen molar-refractivity contribution in [3.8, 4) is 0 Å². The van der Waals surface area contributed by atoms with E-state index in [4.69, 9.17) is 4.98 Å². The van der Waals surface area contributed by atoms with Gasteiger partial charge in [-0.2, -0.15) is 0 Å². The molecule has 2 atom stereocenters. The molecule has 5 heteroatoms. The Kier molecular flexibility index (Phi) is 4.27. The van der Waals surface area contributed by atoms with Crippen molar-refractivity contribution in [3.63, 3.8) is 0 Å². The van der Waals surface area contributed by atoms with Crippen LogP contribution in [0.1, 0.15) is 32.1 Å². The minimum atomic E-state index is 0.0437. The molecule has 1 aromatic carbocycles. The van der Waals surface area contributed by atoms with Crippen molar-refractivity contribution in [3.05, 3.63) is 40.4 Å². The summed E-state index contributed by atoms with van der Waals surface area (Å²) < 4.78 is 1.73. The van der Waals surface area contributed by atoms with Gasteiger partial charge < -0.3 is 5.32 Å². The summed E-state index contributed by atoms with van der Waals surface area (Å²) in [5.74, 6) is 0.875. The average molecular weight is 300 g/mol. The minimum Gasteiger partial charge on any atom is -0.312 e. The van der Waals surface area contributed by atoms with Gasteiger partial charge in [0.2, 0.25) is 0 Å². The number of fused-ring (bicyclic) bond motifs is 1. The SMILES string of the molecule is CC[C@H](c1nc2ccccc2c(=O)n1C)N1CCN[C@H](C)C1. The lowest BCUT2D eigenvalue weighted by Crippen LogP contribution is -2.51. The molecule has 22 heavy (non-hydrogen) atoms. The maximum absolute atomic E-state index is 12.6. The maximum atomic E-state index is 12.6. The second-order valence-corrected chi connectivity index (χ2v) is 6.13. The van der Waals surface area contributed by atoms with Crippen molar-refractivity contribution in [1.29, 1.82) is 0 Å². The van der Waals surface area contributed by atoms with E-state index in [1.54, 1.807) is 4.57 Å². The van der Waals surface area contributed by atoms with Crippen molar-refractivity contribution in [2.24, 2.45) is 7.05 Å². The van der Waals surface area contributed by atoms with Crippen molar-refractivity contribution in [2.45, 2.75) is 32.4 Å². The monoisotopic (exact) mass is 300 g/mol. The molecular formula is C17H24N4O. The fraction of sp³-hybridized carbons (Fsp3) is 0.529. The Morgan fingerprint density at radius 1 is 1.41 bits per heavy atom. The Bertz CT molecular complexity index is 724. The molecule has 0 amide bonds. The summed E-state index contributed by atoms with van der Waals surface area (Å²) in [6.07, 6.45) is 0.950. The van der Waals surface area contributed by atoms with Gasteiger partial charge >= 0.3 is 0 Å². The number of aromatic nitrogens is 2. The van der Waals surface area contributed by atoms with Crippen molar-refractivity contribution in [1.82, 2.24) is 19.8 Å². The first-order valence-corrected chi connectivity index (χ1v) is 8.05. The first kappa shape index (κ1) is 15.2.